The highest BCUT2D eigenvalue weighted by molar-refractivity contribution is 8.15. The number of amides is 3. The molecule has 2 heterocycles. The van der Waals surface area contributed by atoms with E-state index in [2.05, 4.69) is 4.99 Å². The molecule has 1 atom stereocenters. The molecule has 0 unspecified atom stereocenters. The third-order valence-electron chi connectivity index (χ3n) is 5.05. The Labute approximate surface area is 168 Å². The van der Waals surface area contributed by atoms with Crippen LogP contribution in [0.1, 0.15) is 19.3 Å². The summed E-state index contributed by atoms with van der Waals surface area (Å²) in [5.41, 5.74) is 6.03. The first kappa shape index (κ1) is 20.2. The van der Waals surface area contributed by atoms with Gasteiger partial charge in [0.1, 0.15) is 11.0 Å². The van der Waals surface area contributed by atoms with Crippen molar-refractivity contribution in [1.82, 2.24) is 9.80 Å². The maximum absolute atomic E-state index is 12.9. The van der Waals surface area contributed by atoms with Crippen LogP contribution in [0, 0.1) is 5.92 Å². The van der Waals surface area contributed by atoms with Gasteiger partial charge < -0.3 is 15.4 Å². The smallest absolute Gasteiger partial charge is 0.236 e. The Morgan fingerprint density at radius 1 is 1.21 bits per heavy atom. The third-order valence-corrected chi connectivity index (χ3v) is 6.28. The summed E-state index contributed by atoms with van der Waals surface area (Å²) in [4.78, 5) is 44.4. The first-order valence-corrected chi connectivity index (χ1v) is 10.0. The zero-order valence-corrected chi connectivity index (χ0v) is 16.8. The lowest BCUT2D eigenvalue weighted by molar-refractivity contribution is -0.136. The molecule has 0 spiro atoms. The second-order valence-corrected chi connectivity index (χ2v) is 8.03. The van der Waals surface area contributed by atoms with Crippen LogP contribution in [0.4, 0.5) is 5.69 Å². The average Bonchev–Trinajstić information content (AvgIpc) is 2.71. The number of hydrogen-bond donors (Lipinski definition) is 1. The van der Waals surface area contributed by atoms with Gasteiger partial charge in [-0.05, 0) is 37.1 Å². The fraction of sp³-hybridized carbons (Fsp3) is 0.474. The van der Waals surface area contributed by atoms with Crippen molar-refractivity contribution in [1.29, 1.82) is 0 Å². The van der Waals surface area contributed by atoms with Crippen molar-refractivity contribution in [3.8, 4) is 5.75 Å². The van der Waals surface area contributed by atoms with Gasteiger partial charge in [0.05, 0.1) is 12.8 Å². The van der Waals surface area contributed by atoms with Crippen LogP contribution in [-0.4, -0.2) is 65.2 Å². The van der Waals surface area contributed by atoms with Gasteiger partial charge in [-0.1, -0.05) is 11.8 Å². The van der Waals surface area contributed by atoms with Crippen LogP contribution in [0.5, 0.6) is 5.75 Å². The van der Waals surface area contributed by atoms with Gasteiger partial charge in [-0.2, -0.15) is 0 Å². The number of rotatable bonds is 4. The molecule has 150 valence electrons. The van der Waals surface area contributed by atoms with Crippen LogP contribution in [0.3, 0.4) is 0 Å². The topological polar surface area (TPSA) is 105 Å². The number of primary amides is 1. The van der Waals surface area contributed by atoms with Crippen molar-refractivity contribution in [2.24, 2.45) is 16.6 Å². The molecule has 1 aromatic carbocycles. The van der Waals surface area contributed by atoms with Crippen molar-refractivity contribution >= 4 is 40.3 Å². The van der Waals surface area contributed by atoms with E-state index in [0.717, 1.165) is 5.75 Å². The van der Waals surface area contributed by atoms with Crippen molar-refractivity contribution in [3.05, 3.63) is 24.3 Å². The van der Waals surface area contributed by atoms with Crippen molar-refractivity contribution in [2.45, 2.75) is 24.5 Å². The largest absolute Gasteiger partial charge is 0.497 e. The van der Waals surface area contributed by atoms with Crippen molar-refractivity contribution in [3.63, 3.8) is 0 Å². The number of hydrogen-bond acceptors (Lipinski definition) is 6. The highest BCUT2D eigenvalue weighted by Gasteiger charge is 2.37. The summed E-state index contributed by atoms with van der Waals surface area (Å²) in [5.74, 6) is -0.00171. The van der Waals surface area contributed by atoms with Gasteiger partial charge in [0.25, 0.3) is 0 Å². The number of amidine groups is 1. The molecular weight excluding hydrogens is 380 g/mol. The Morgan fingerprint density at radius 3 is 2.43 bits per heavy atom. The number of carbonyl (C=O) groups is 3. The molecule has 0 aliphatic carbocycles. The molecule has 2 saturated heterocycles. The highest BCUT2D eigenvalue weighted by Crippen LogP contribution is 2.31. The molecule has 3 amide bonds. The second kappa shape index (κ2) is 8.64. The van der Waals surface area contributed by atoms with Gasteiger partial charge in [-0.3, -0.25) is 19.3 Å². The quantitative estimate of drug-likeness (QED) is 0.816. The number of benzene rings is 1. The monoisotopic (exact) mass is 404 g/mol. The molecule has 28 heavy (non-hydrogen) atoms. The van der Waals surface area contributed by atoms with Gasteiger partial charge in [-0.25, -0.2) is 4.99 Å². The number of likely N-dealkylation sites (tertiary alicyclic amines) is 1. The molecule has 2 aliphatic heterocycles. The summed E-state index contributed by atoms with van der Waals surface area (Å²) in [6, 6.07) is 7.18. The van der Waals surface area contributed by atoms with Crippen molar-refractivity contribution in [2.75, 3.05) is 27.2 Å². The molecule has 1 aromatic rings. The minimum Gasteiger partial charge on any atom is -0.497 e. The number of aliphatic imine (C=N–C) groups is 1. The third kappa shape index (κ3) is 4.46. The number of ether oxygens (including phenoxy) is 1. The zero-order chi connectivity index (χ0) is 20.3. The summed E-state index contributed by atoms with van der Waals surface area (Å²) >= 11 is 1.30. The van der Waals surface area contributed by atoms with Gasteiger partial charge in [0.15, 0.2) is 5.17 Å². The van der Waals surface area contributed by atoms with Crippen LogP contribution in [0.15, 0.2) is 29.3 Å². The normalized spacial score (nSPS) is 22.4. The van der Waals surface area contributed by atoms with E-state index in [1.165, 1.54) is 16.7 Å². The van der Waals surface area contributed by atoms with E-state index in [1.807, 2.05) is 0 Å². The number of thioether (sulfide) groups is 1. The summed E-state index contributed by atoms with van der Waals surface area (Å²) < 4.78 is 5.14. The fourth-order valence-electron chi connectivity index (χ4n) is 3.24. The van der Waals surface area contributed by atoms with Crippen LogP contribution >= 0.6 is 11.8 Å². The Bertz CT molecular complexity index is 788. The molecule has 0 radical (unpaired) electrons. The summed E-state index contributed by atoms with van der Waals surface area (Å²) in [6.45, 7) is 0.969. The molecular formula is C19H24N4O4S. The number of carbonyl (C=O) groups excluding carboxylic acids is 3. The lowest BCUT2D eigenvalue weighted by Gasteiger charge is -2.35. The van der Waals surface area contributed by atoms with Gasteiger partial charge in [-0.15, -0.1) is 0 Å². The maximum atomic E-state index is 12.9. The lowest BCUT2D eigenvalue weighted by atomic mass is 9.96. The number of piperidine rings is 1. The Balaban J connectivity index is 1.71. The number of nitrogens with zero attached hydrogens (tertiary/aromatic N) is 3. The number of methoxy groups -OCH3 is 1. The fourth-order valence-corrected chi connectivity index (χ4v) is 4.39. The molecule has 8 nitrogen and oxygen atoms in total. The van der Waals surface area contributed by atoms with Crippen LogP contribution in [-0.2, 0) is 14.4 Å². The van der Waals surface area contributed by atoms with Crippen LogP contribution < -0.4 is 10.5 Å². The van der Waals surface area contributed by atoms with Gasteiger partial charge >= 0.3 is 0 Å². The summed E-state index contributed by atoms with van der Waals surface area (Å²) in [5, 5.41) is -0.0161. The van der Waals surface area contributed by atoms with E-state index >= 15 is 0 Å². The molecule has 2 N–H and O–H groups in total. The predicted octanol–water partition coefficient (Wildman–Crippen LogP) is 1.37. The predicted molar refractivity (Wildman–Crippen MR) is 107 cm³/mol. The number of nitrogens with two attached hydrogens (primary N) is 1. The van der Waals surface area contributed by atoms with Gasteiger partial charge in [0, 0.05) is 32.5 Å². The minimum atomic E-state index is -0.508. The van der Waals surface area contributed by atoms with E-state index in [-0.39, 0.29) is 30.1 Å². The van der Waals surface area contributed by atoms with Crippen molar-refractivity contribution < 1.29 is 19.1 Å². The molecule has 2 aliphatic rings. The van der Waals surface area contributed by atoms with E-state index in [4.69, 9.17) is 10.5 Å². The molecule has 0 bridgehead atoms. The van der Waals surface area contributed by atoms with Crippen LogP contribution in [0.2, 0.25) is 0 Å². The minimum absolute atomic E-state index is 0.0863. The summed E-state index contributed by atoms with van der Waals surface area (Å²) in [6.07, 6.45) is 1.27. The van der Waals surface area contributed by atoms with E-state index < -0.39 is 5.25 Å². The van der Waals surface area contributed by atoms with E-state index in [0.29, 0.717) is 36.8 Å². The SMILES string of the molecule is COc1ccc(N=C2S[C@@H](C(=O)N3CCC(C(N)=O)CC3)CC(=O)N2C)cc1. The Morgan fingerprint density at radius 2 is 1.86 bits per heavy atom. The maximum Gasteiger partial charge on any atom is 0.236 e. The Hall–Kier alpha value is -2.55. The molecule has 0 aromatic heterocycles. The Kier molecular flexibility index (Phi) is 6.23. The standard InChI is InChI=1S/C19H24N4O4S/c1-22-16(24)11-15(18(26)23-9-7-12(8-10-23)17(20)25)28-19(22)21-13-3-5-14(27-2)6-4-13/h3-6,12,15H,7-11H2,1-2H3,(H2,20,25)/t15-/m1/s1. The zero-order valence-electron chi connectivity index (χ0n) is 16.0. The van der Waals surface area contributed by atoms with E-state index in [1.54, 1.807) is 43.3 Å². The molecule has 0 saturated carbocycles. The first-order chi connectivity index (χ1) is 13.4. The molecule has 2 fully saturated rings. The lowest BCUT2D eigenvalue weighted by Crippen LogP contribution is -2.49. The van der Waals surface area contributed by atoms with E-state index in [9.17, 15) is 14.4 Å². The molecule has 3 rings (SSSR count). The first-order valence-electron chi connectivity index (χ1n) is 9.13. The highest BCUT2D eigenvalue weighted by atomic mass is 32.2. The van der Waals surface area contributed by atoms with Crippen LogP contribution in [0.25, 0.3) is 0 Å². The molecule has 9 heteroatoms. The summed E-state index contributed by atoms with van der Waals surface area (Å²) in [7, 11) is 3.25. The average molecular weight is 404 g/mol. The second-order valence-electron chi connectivity index (χ2n) is 6.86. The van der Waals surface area contributed by atoms with Gasteiger partial charge in [0.2, 0.25) is 17.7 Å².